The number of rotatable bonds is 5. The van der Waals surface area contributed by atoms with Crippen molar-refractivity contribution in [1.29, 1.82) is 0 Å². The summed E-state index contributed by atoms with van der Waals surface area (Å²) in [6.45, 7) is 6.25. The van der Waals surface area contributed by atoms with Gasteiger partial charge in [-0.1, -0.05) is 25.1 Å². The predicted molar refractivity (Wildman–Crippen MR) is 85.3 cm³/mol. The van der Waals surface area contributed by atoms with Crippen molar-refractivity contribution in [2.45, 2.75) is 13.3 Å². The quantitative estimate of drug-likeness (QED) is 0.779. The first kappa shape index (κ1) is 15.6. The van der Waals surface area contributed by atoms with Crippen molar-refractivity contribution in [1.82, 2.24) is 9.80 Å². The molecule has 1 aromatic rings. The number of nitrogens with zero attached hydrogens (tertiary/aromatic N) is 2. The molecule has 0 aliphatic carbocycles. The molecule has 1 heterocycles. The van der Waals surface area contributed by atoms with Gasteiger partial charge in [0.2, 0.25) is 5.91 Å². The van der Waals surface area contributed by atoms with Crippen molar-refractivity contribution >= 4 is 12.0 Å². The molecule has 0 atom stereocenters. The second-order valence-corrected chi connectivity index (χ2v) is 5.35. The number of carbonyl (C=O) groups excluding carboxylic acids is 1. The molecule has 1 aliphatic rings. The molecule has 0 unspecified atom stereocenters. The molecule has 1 aliphatic heterocycles. The second kappa shape index (κ2) is 7.84. The van der Waals surface area contributed by atoms with Gasteiger partial charge < -0.3 is 14.5 Å². The Kier molecular flexibility index (Phi) is 5.81. The minimum Gasteiger partial charge on any atom is -0.493 e. The van der Waals surface area contributed by atoms with Crippen LogP contribution in [0.25, 0.3) is 6.08 Å². The molecule has 1 amide bonds. The third-order valence-electron chi connectivity index (χ3n) is 3.60. The first-order valence-corrected chi connectivity index (χ1v) is 7.58. The lowest BCUT2D eigenvalue weighted by atomic mass is 10.2. The maximum atomic E-state index is 12.2. The average molecular weight is 288 g/mol. The third-order valence-corrected chi connectivity index (χ3v) is 3.60. The van der Waals surface area contributed by atoms with E-state index in [2.05, 4.69) is 18.9 Å². The Balaban J connectivity index is 1.98. The molecule has 0 N–H and O–H groups in total. The van der Waals surface area contributed by atoms with Crippen LogP contribution in [-0.2, 0) is 4.79 Å². The second-order valence-electron chi connectivity index (χ2n) is 5.35. The van der Waals surface area contributed by atoms with Gasteiger partial charge in [0, 0.05) is 37.8 Å². The first-order valence-electron chi connectivity index (χ1n) is 7.58. The van der Waals surface area contributed by atoms with Crippen molar-refractivity contribution in [3.63, 3.8) is 0 Å². The molecule has 1 aromatic carbocycles. The molecule has 1 saturated heterocycles. The fraction of sp³-hybridized carbons (Fsp3) is 0.471. The van der Waals surface area contributed by atoms with Crippen molar-refractivity contribution in [2.75, 3.05) is 39.8 Å². The Bertz CT molecular complexity index is 491. The number of benzene rings is 1. The Morgan fingerprint density at radius 2 is 1.95 bits per heavy atom. The number of carbonyl (C=O) groups is 1. The van der Waals surface area contributed by atoms with E-state index >= 15 is 0 Å². The summed E-state index contributed by atoms with van der Waals surface area (Å²) in [5.74, 6) is 0.912. The van der Waals surface area contributed by atoms with Crippen molar-refractivity contribution in [2.24, 2.45) is 0 Å². The minimum atomic E-state index is 0.0772. The SMILES string of the molecule is CCCOc1ccccc1/C=C/C(=O)N1CCN(C)CC1. The Morgan fingerprint density at radius 3 is 2.67 bits per heavy atom. The summed E-state index contributed by atoms with van der Waals surface area (Å²) in [5, 5.41) is 0. The summed E-state index contributed by atoms with van der Waals surface area (Å²) in [7, 11) is 2.08. The van der Waals surface area contributed by atoms with Crippen molar-refractivity contribution in [3.05, 3.63) is 35.9 Å². The van der Waals surface area contributed by atoms with Gasteiger partial charge >= 0.3 is 0 Å². The number of piperazine rings is 1. The van der Waals surface area contributed by atoms with Crippen molar-refractivity contribution in [3.8, 4) is 5.75 Å². The van der Waals surface area contributed by atoms with E-state index < -0.39 is 0 Å². The van der Waals surface area contributed by atoms with Crippen LogP contribution in [0.2, 0.25) is 0 Å². The zero-order valence-electron chi connectivity index (χ0n) is 12.9. The lowest BCUT2D eigenvalue weighted by Crippen LogP contribution is -2.46. The Morgan fingerprint density at radius 1 is 1.24 bits per heavy atom. The van der Waals surface area contributed by atoms with Gasteiger partial charge in [0.1, 0.15) is 5.75 Å². The summed E-state index contributed by atoms with van der Waals surface area (Å²) in [6, 6.07) is 7.82. The smallest absolute Gasteiger partial charge is 0.246 e. The van der Waals surface area contributed by atoms with Crippen LogP contribution in [0.1, 0.15) is 18.9 Å². The molecule has 2 rings (SSSR count). The van der Waals surface area contributed by atoms with Crippen LogP contribution < -0.4 is 4.74 Å². The maximum Gasteiger partial charge on any atom is 0.246 e. The van der Waals surface area contributed by atoms with E-state index in [-0.39, 0.29) is 5.91 Å². The standard InChI is InChI=1S/C17H24N2O2/c1-3-14-21-16-7-5-4-6-15(16)8-9-17(20)19-12-10-18(2)11-13-19/h4-9H,3,10-14H2,1-2H3/b9-8+. The van der Waals surface area contributed by atoms with Crippen LogP contribution in [0, 0.1) is 0 Å². The molecule has 0 aromatic heterocycles. The van der Waals surface area contributed by atoms with Gasteiger partial charge in [-0.2, -0.15) is 0 Å². The number of amides is 1. The van der Waals surface area contributed by atoms with Crippen LogP contribution in [0.5, 0.6) is 5.75 Å². The van der Waals surface area contributed by atoms with Gasteiger partial charge in [-0.15, -0.1) is 0 Å². The average Bonchev–Trinajstić information content (AvgIpc) is 2.52. The number of ether oxygens (including phenoxy) is 1. The number of para-hydroxylation sites is 1. The third kappa shape index (κ3) is 4.60. The molecular formula is C17H24N2O2. The highest BCUT2D eigenvalue weighted by molar-refractivity contribution is 5.92. The molecule has 21 heavy (non-hydrogen) atoms. The number of hydrogen-bond acceptors (Lipinski definition) is 3. The molecule has 4 nitrogen and oxygen atoms in total. The topological polar surface area (TPSA) is 32.8 Å². The normalized spacial score (nSPS) is 16.4. The van der Waals surface area contributed by atoms with Gasteiger partial charge in [0.05, 0.1) is 6.61 Å². The Hall–Kier alpha value is -1.81. The Labute approximate surface area is 127 Å². The maximum absolute atomic E-state index is 12.2. The molecule has 0 bridgehead atoms. The molecule has 4 heteroatoms. The largest absolute Gasteiger partial charge is 0.493 e. The lowest BCUT2D eigenvalue weighted by molar-refractivity contribution is -0.127. The zero-order valence-corrected chi connectivity index (χ0v) is 12.9. The lowest BCUT2D eigenvalue weighted by Gasteiger charge is -2.31. The molecular weight excluding hydrogens is 264 g/mol. The highest BCUT2D eigenvalue weighted by atomic mass is 16.5. The fourth-order valence-corrected chi connectivity index (χ4v) is 2.25. The van der Waals surface area contributed by atoms with Gasteiger partial charge in [0.25, 0.3) is 0 Å². The monoisotopic (exact) mass is 288 g/mol. The van der Waals surface area contributed by atoms with Crippen LogP contribution in [-0.4, -0.2) is 55.5 Å². The highest BCUT2D eigenvalue weighted by Gasteiger charge is 2.16. The first-order chi connectivity index (χ1) is 10.2. The van der Waals surface area contributed by atoms with Gasteiger partial charge in [-0.25, -0.2) is 0 Å². The van der Waals surface area contributed by atoms with E-state index in [1.807, 2.05) is 35.2 Å². The summed E-state index contributed by atoms with van der Waals surface area (Å²) >= 11 is 0. The summed E-state index contributed by atoms with van der Waals surface area (Å²) in [6.07, 6.45) is 4.48. The van der Waals surface area contributed by atoms with Crippen molar-refractivity contribution < 1.29 is 9.53 Å². The summed E-state index contributed by atoms with van der Waals surface area (Å²) < 4.78 is 5.70. The number of hydrogen-bond donors (Lipinski definition) is 0. The highest BCUT2D eigenvalue weighted by Crippen LogP contribution is 2.19. The fourth-order valence-electron chi connectivity index (χ4n) is 2.25. The van der Waals surface area contributed by atoms with Gasteiger partial charge in [-0.05, 0) is 25.6 Å². The van der Waals surface area contributed by atoms with E-state index in [1.165, 1.54) is 0 Å². The van der Waals surface area contributed by atoms with Crippen LogP contribution in [0.3, 0.4) is 0 Å². The molecule has 0 spiro atoms. The van der Waals surface area contributed by atoms with Crippen LogP contribution >= 0.6 is 0 Å². The summed E-state index contributed by atoms with van der Waals surface area (Å²) in [5.41, 5.74) is 0.952. The van der Waals surface area contributed by atoms with E-state index in [4.69, 9.17) is 4.74 Å². The van der Waals surface area contributed by atoms with Crippen LogP contribution in [0.4, 0.5) is 0 Å². The molecule has 114 valence electrons. The van der Waals surface area contributed by atoms with E-state index in [0.717, 1.165) is 43.9 Å². The van der Waals surface area contributed by atoms with E-state index in [0.29, 0.717) is 6.61 Å². The van der Waals surface area contributed by atoms with E-state index in [9.17, 15) is 4.79 Å². The molecule has 1 fully saturated rings. The van der Waals surface area contributed by atoms with Gasteiger partial charge in [-0.3, -0.25) is 4.79 Å². The molecule has 0 radical (unpaired) electrons. The number of likely N-dealkylation sites (N-methyl/N-ethyl adjacent to an activating group) is 1. The predicted octanol–water partition coefficient (Wildman–Crippen LogP) is 2.26. The van der Waals surface area contributed by atoms with E-state index in [1.54, 1.807) is 6.08 Å². The zero-order chi connectivity index (χ0) is 15.1. The minimum absolute atomic E-state index is 0.0772. The van der Waals surface area contributed by atoms with Crippen LogP contribution in [0.15, 0.2) is 30.3 Å². The van der Waals surface area contributed by atoms with Gasteiger partial charge in [0.15, 0.2) is 0 Å². The summed E-state index contributed by atoms with van der Waals surface area (Å²) in [4.78, 5) is 16.3. The molecule has 0 saturated carbocycles.